The molecule has 0 aromatic rings. The van der Waals surface area contributed by atoms with Crippen molar-refractivity contribution in [3.05, 3.63) is 0 Å². The molecule has 0 saturated carbocycles. The largest absolute Gasteiger partial charge is 0.391 e. The number of hydrogen-bond acceptors (Lipinski definition) is 2. The van der Waals surface area contributed by atoms with Crippen LogP contribution in [0.3, 0.4) is 0 Å². The lowest BCUT2D eigenvalue weighted by Gasteiger charge is -2.16. The minimum absolute atomic E-state index is 0.177. The smallest absolute Gasteiger partial charge is 0.258 e. The molecule has 1 aliphatic rings. The molecular formula is C6H11F3N2. The molecule has 2 N–H and O–H groups in total. The maximum atomic E-state index is 12.1. The van der Waals surface area contributed by atoms with Crippen molar-refractivity contribution in [2.24, 2.45) is 5.92 Å². The molecule has 1 saturated heterocycles. The third-order valence-corrected chi connectivity index (χ3v) is 1.82. The molecule has 0 radical (unpaired) electrons. The molecule has 0 aromatic carbocycles. The Hall–Kier alpha value is -0.290. The molecule has 0 aliphatic carbocycles. The SMILES string of the molecule is FC(F)(F)C1CCNNCC1. The Morgan fingerprint density at radius 2 is 1.45 bits per heavy atom. The van der Waals surface area contributed by atoms with E-state index >= 15 is 0 Å². The molecule has 1 heterocycles. The van der Waals surface area contributed by atoms with E-state index in [0.29, 0.717) is 13.1 Å². The van der Waals surface area contributed by atoms with Crippen molar-refractivity contribution in [2.45, 2.75) is 19.0 Å². The standard InChI is InChI=1S/C6H11F3N2/c7-6(8,9)5-1-3-10-11-4-2-5/h5,10-11H,1-4H2. The van der Waals surface area contributed by atoms with Gasteiger partial charge in [-0.05, 0) is 12.8 Å². The first-order valence-corrected chi connectivity index (χ1v) is 3.63. The van der Waals surface area contributed by atoms with Crippen LogP contribution in [0.4, 0.5) is 13.2 Å². The maximum absolute atomic E-state index is 12.1. The normalized spacial score (nSPS) is 23.2. The predicted molar refractivity (Wildman–Crippen MR) is 34.8 cm³/mol. The number of rotatable bonds is 0. The van der Waals surface area contributed by atoms with Crippen molar-refractivity contribution < 1.29 is 13.2 Å². The molecule has 1 aliphatic heterocycles. The number of halogens is 3. The van der Waals surface area contributed by atoms with Crippen LogP contribution in [0.2, 0.25) is 0 Å². The van der Waals surface area contributed by atoms with Crippen LogP contribution < -0.4 is 10.9 Å². The number of alkyl halides is 3. The molecule has 0 spiro atoms. The van der Waals surface area contributed by atoms with E-state index in [1.807, 2.05) is 0 Å². The number of hydrazine groups is 1. The first kappa shape index (κ1) is 8.80. The van der Waals surface area contributed by atoms with E-state index in [9.17, 15) is 13.2 Å². The second-order valence-electron chi connectivity index (χ2n) is 2.67. The Labute approximate surface area is 63.1 Å². The van der Waals surface area contributed by atoms with Crippen molar-refractivity contribution in [1.82, 2.24) is 10.9 Å². The average Bonchev–Trinajstić information content (AvgIpc) is 2.10. The van der Waals surface area contributed by atoms with Gasteiger partial charge in [0.15, 0.2) is 0 Å². The van der Waals surface area contributed by atoms with Crippen LogP contribution in [0.25, 0.3) is 0 Å². The van der Waals surface area contributed by atoms with Crippen molar-refractivity contribution in [1.29, 1.82) is 0 Å². The van der Waals surface area contributed by atoms with Crippen LogP contribution in [0, 0.1) is 5.92 Å². The molecule has 1 fully saturated rings. The predicted octanol–water partition coefficient (Wildman–Crippen LogP) is 1.05. The lowest BCUT2D eigenvalue weighted by molar-refractivity contribution is -0.176. The van der Waals surface area contributed by atoms with Crippen molar-refractivity contribution in [2.75, 3.05) is 13.1 Å². The molecule has 2 nitrogen and oxygen atoms in total. The zero-order valence-electron chi connectivity index (χ0n) is 6.04. The fourth-order valence-electron chi connectivity index (χ4n) is 1.14. The van der Waals surface area contributed by atoms with Gasteiger partial charge < -0.3 is 0 Å². The summed E-state index contributed by atoms with van der Waals surface area (Å²) in [5, 5.41) is 0. The van der Waals surface area contributed by atoms with Gasteiger partial charge in [0.25, 0.3) is 0 Å². The van der Waals surface area contributed by atoms with Crippen LogP contribution >= 0.6 is 0 Å². The first-order valence-electron chi connectivity index (χ1n) is 3.63. The van der Waals surface area contributed by atoms with Gasteiger partial charge in [0, 0.05) is 13.1 Å². The Bertz CT molecular complexity index is 115. The van der Waals surface area contributed by atoms with Crippen LogP contribution in [-0.2, 0) is 0 Å². The highest BCUT2D eigenvalue weighted by molar-refractivity contribution is 4.71. The molecule has 1 rings (SSSR count). The van der Waals surface area contributed by atoms with Gasteiger partial charge in [-0.3, -0.25) is 10.9 Å². The monoisotopic (exact) mass is 168 g/mol. The summed E-state index contributed by atoms with van der Waals surface area (Å²) in [5.41, 5.74) is 5.40. The van der Waals surface area contributed by atoms with Gasteiger partial charge in [0.05, 0.1) is 5.92 Å². The molecule has 0 amide bonds. The lowest BCUT2D eigenvalue weighted by atomic mass is 10.0. The highest BCUT2D eigenvalue weighted by Gasteiger charge is 2.38. The quantitative estimate of drug-likeness (QED) is 0.565. The maximum Gasteiger partial charge on any atom is 0.391 e. The molecule has 11 heavy (non-hydrogen) atoms. The summed E-state index contributed by atoms with van der Waals surface area (Å²) in [4.78, 5) is 0. The minimum Gasteiger partial charge on any atom is -0.258 e. The van der Waals surface area contributed by atoms with Crippen LogP contribution in [-0.4, -0.2) is 19.3 Å². The second kappa shape index (κ2) is 3.40. The van der Waals surface area contributed by atoms with E-state index in [1.54, 1.807) is 0 Å². The molecule has 5 heteroatoms. The van der Waals surface area contributed by atoms with E-state index in [0.717, 1.165) is 0 Å². The fraction of sp³-hybridized carbons (Fsp3) is 1.00. The first-order chi connectivity index (χ1) is 5.11. The molecule has 66 valence electrons. The van der Waals surface area contributed by atoms with Gasteiger partial charge in [0.1, 0.15) is 0 Å². The molecule has 0 bridgehead atoms. The van der Waals surface area contributed by atoms with Crippen molar-refractivity contribution in [3.8, 4) is 0 Å². The summed E-state index contributed by atoms with van der Waals surface area (Å²) in [6.07, 6.45) is -3.67. The number of hydrogen-bond donors (Lipinski definition) is 2. The summed E-state index contributed by atoms with van der Waals surface area (Å²) in [7, 11) is 0. The Morgan fingerprint density at radius 3 is 1.82 bits per heavy atom. The highest BCUT2D eigenvalue weighted by atomic mass is 19.4. The lowest BCUT2D eigenvalue weighted by Crippen LogP contribution is -2.30. The molecular weight excluding hydrogens is 157 g/mol. The molecule has 0 aromatic heterocycles. The van der Waals surface area contributed by atoms with Gasteiger partial charge >= 0.3 is 6.18 Å². The summed E-state index contributed by atoms with van der Waals surface area (Å²) in [6.45, 7) is 0.786. The Kier molecular flexibility index (Phi) is 2.72. The average molecular weight is 168 g/mol. The molecule has 0 atom stereocenters. The summed E-state index contributed by atoms with van der Waals surface area (Å²) in [5.74, 6) is -1.13. The minimum atomic E-state index is -4.02. The summed E-state index contributed by atoms with van der Waals surface area (Å²) >= 11 is 0. The zero-order valence-corrected chi connectivity index (χ0v) is 6.04. The number of nitrogens with one attached hydrogen (secondary N) is 2. The van der Waals surface area contributed by atoms with Crippen molar-refractivity contribution in [3.63, 3.8) is 0 Å². The van der Waals surface area contributed by atoms with E-state index in [4.69, 9.17) is 0 Å². The van der Waals surface area contributed by atoms with Crippen LogP contribution in [0.1, 0.15) is 12.8 Å². The summed E-state index contributed by atoms with van der Waals surface area (Å²) < 4.78 is 36.2. The van der Waals surface area contributed by atoms with Gasteiger partial charge in [-0.15, -0.1) is 0 Å². The Morgan fingerprint density at radius 1 is 1.00 bits per heavy atom. The van der Waals surface area contributed by atoms with E-state index in [-0.39, 0.29) is 12.8 Å². The van der Waals surface area contributed by atoms with Gasteiger partial charge in [-0.1, -0.05) is 0 Å². The van der Waals surface area contributed by atoms with E-state index in [1.165, 1.54) is 0 Å². The third-order valence-electron chi connectivity index (χ3n) is 1.82. The van der Waals surface area contributed by atoms with Crippen LogP contribution in [0.15, 0.2) is 0 Å². The summed E-state index contributed by atoms with van der Waals surface area (Å²) in [6, 6.07) is 0. The van der Waals surface area contributed by atoms with E-state index < -0.39 is 12.1 Å². The second-order valence-corrected chi connectivity index (χ2v) is 2.67. The topological polar surface area (TPSA) is 24.1 Å². The highest BCUT2D eigenvalue weighted by Crippen LogP contribution is 2.31. The van der Waals surface area contributed by atoms with Gasteiger partial charge in [-0.25, -0.2) is 0 Å². The van der Waals surface area contributed by atoms with Crippen LogP contribution in [0.5, 0.6) is 0 Å². The fourth-order valence-corrected chi connectivity index (χ4v) is 1.14. The van der Waals surface area contributed by atoms with E-state index in [2.05, 4.69) is 10.9 Å². The zero-order chi connectivity index (χ0) is 8.32. The van der Waals surface area contributed by atoms with Gasteiger partial charge in [0.2, 0.25) is 0 Å². The molecule has 0 unspecified atom stereocenters. The Balaban J connectivity index is 2.43. The van der Waals surface area contributed by atoms with Crippen molar-refractivity contribution >= 4 is 0 Å². The van der Waals surface area contributed by atoms with Gasteiger partial charge in [-0.2, -0.15) is 13.2 Å². The third kappa shape index (κ3) is 2.67.